The minimum absolute atomic E-state index is 0.0104. The second-order valence-corrected chi connectivity index (χ2v) is 4.10. The van der Waals surface area contributed by atoms with E-state index in [0.717, 1.165) is 19.3 Å². The van der Waals surface area contributed by atoms with Gasteiger partial charge in [-0.1, -0.05) is 26.7 Å². The first-order valence-corrected chi connectivity index (χ1v) is 4.96. The average molecular weight is 184 g/mol. The van der Waals surface area contributed by atoms with Crippen LogP contribution in [0.3, 0.4) is 0 Å². The molecule has 0 N–H and O–H groups in total. The van der Waals surface area contributed by atoms with Gasteiger partial charge in [0, 0.05) is 0 Å². The van der Waals surface area contributed by atoms with Gasteiger partial charge in [-0.3, -0.25) is 9.59 Å². The van der Waals surface area contributed by atoms with Gasteiger partial charge in [-0.05, 0) is 26.2 Å². The van der Waals surface area contributed by atoms with Crippen LogP contribution >= 0.6 is 0 Å². The van der Waals surface area contributed by atoms with Crippen molar-refractivity contribution >= 4 is 11.6 Å². The molecule has 0 rings (SSSR count). The van der Waals surface area contributed by atoms with Crippen LogP contribution in [0.4, 0.5) is 0 Å². The van der Waals surface area contributed by atoms with Crippen molar-refractivity contribution in [3.8, 4) is 0 Å². The Balaban J connectivity index is 3.84. The summed E-state index contributed by atoms with van der Waals surface area (Å²) in [6, 6.07) is 0. The second kappa shape index (κ2) is 5.90. The van der Waals surface area contributed by atoms with Crippen LogP contribution in [-0.4, -0.2) is 11.6 Å². The molecule has 0 unspecified atom stereocenters. The molecule has 0 aliphatic rings. The smallest absolute Gasteiger partial charge is 0.140 e. The molecule has 0 atom stereocenters. The molecule has 0 bridgehead atoms. The van der Waals surface area contributed by atoms with Gasteiger partial charge in [-0.15, -0.1) is 0 Å². The zero-order valence-electron chi connectivity index (χ0n) is 9.09. The van der Waals surface area contributed by atoms with E-state index in [1.54, 1.807) is 0 Å². The van der Waals surface area contributed by atoms with E-state index >= 15 is 0 Å². The van der Waals surface area contributed by atoms with E-state index in [1.165, 1.54) is 13.8 Å². The van der Waals surface area contributed by atoms with E-state index in [4.69, 9.17) is 0 Å². The molecule has 0 aromatic heterocycles. The quantitative estimate of drug-likeness (QED) is 0.595. The first kappa shape index (κ1) is 12.3. The van der Waals surface area contributed by atoms with Gasteiger partial charge in [-0.2, -0.15) is 0 Å². The first-order valence-electron chi connectivity index (χ1n) is 4.96. The summed E-state index contributed by atoms with van der Waals surface area (Å²) >= 11 is 0. The standard InChI is InChI=1S/C11H20O2/c1-8(2)6-5-7-11(9(3)12)10(4)13/h8,11H,5-7H2,1-4H3. The summed E-state index contributed by atoms with van der Waals surface area (Å²) in [4.78, 5) is 22.1. The fourth-order valence-electron chi connectivity index (χ4n) is 1.42. The predicted octanol–water partition coefficient (Wildman–Crippen LogP) is 2.61. The monoisotopic (exact) mass is 184 g/mol. The van der Waals surface area contributed by atoms with Crippen LogP contribution in [0.2, 0.25) is 0 Å². The minimum atomic E-state index is -0.348. The summed E-state index contributed by atoms with van der Waals surface area (Å²) in [6.45, 7) is 7.30. The molecular formula is C11H20O2. The molecule has 0 saturated carbocycles. The molecule has 0 heterocycles. The zero-order valence-corrected chi connectivity index (χ0v) is 9.09. The van der Waals surface area contributed by atoms with Crippen molar-refractivity contribution in [3.63, 3.8) is 0 Å². The Morgan fingerprint density at radius 3 is 1.77 bits per heavy atom. The van der Waals surface area contributed by atoms with Gasteiger partial charge in [0.25, 0.3) is 0 Å². The lowest BCUT2D eigenvalue weighted by Gasteiger charge is -2.10. The maximum absolute atomic E-state index is 11.0. The molecule has 0 radical (unpaired) electrons. The van der Waals surface area contributed by atoms with E-state index in [0.29, 0.717) is 5.92 Å². The van der Waals surface area contributed by atoms with Crippen LogP contribution in [-0.2, 0) is 9.59 Å². The highest BCUT2D eigenvalue weighted by Crippen LogP contribution is 2.14. The maximum Gasteiger partial charge on any atom is 0.140 e. The largest absolute Gasteiger partial charge is 0.299 e. The van der Waals surface area contributed by atoms with Gasteiger partial charge in [-0.25, -0.2) is 0 Å². The van der Waals surface area contributed by atoms with Crippen LogP contribution < -0.4 is 0 Å². The molecule has 0 fully saturated rings. The third-order valence-corrected chi connectivity index (χ3v) is 2.26. The summed E-state index contributed by atoms with van der Waals surface area (Å²) in [5.74, 6) is 0.325. The van der Waals surface area contributed by atoms with Gasteiger partial charge in [0.15, 0.2) is 0 Å². The molecule has 0 aliphatic carbocycles. The van der Waals surface area contributed by atoms with Crippen molar-refractivity contribution in [1.29, 1.82) is 0 Å². The number of hydrogen-bond acceptors (Lipinski definition) is 2. The highest BCUT2D eigenvalue weighted by atomic mass is 16.1. The maximum atomic E-state index is 11.0. The SMILES string of the molecule is CC(=O)C(CCCC(C)C)C(C)=O. The van der Waals surface area contributed by atoms with Crippen LogP contribution in [0.25, 0.3) is 0 Å². The van der Waals surface area contributed by atoms with Gasteiger partial charge >= 0.3 is 0 Å². The summed E-state index contributed by atoms with van der Waals surface area (Å²) < 4.78 is 0. The fraction of sp³-hybridized carbons (Fsp3) is 0.818. The molecule has 0 aromatic carbocycles. The molecule has 2 heteroatoms. The number of carbonyl (C=O) groups excluding carboxylic acids is 2. The van der Waals surface area contributed by atoms with Crippen molar-refractivity contribution in [2.45, 2.75) is 47.0 Å². The lowest BCUT2D eigenvalue weighted by Crippen LogP contribution is -2.19. The van der Waals surface area contributed by atoms with E-state index in [2.05, 4.69) is 13.8 Å². The topological polar surface area (TPSA) is 34.1 Å². The Bertz CT molecular complexity index is 169. The zero-order chi connectivity index (χ0) is 10.4. The van der Waals surface area contributed by atoms with E-state index in [-0.39, 0.29) is 17.5 Å². The molecule has 0 spiro atoms. The lowest BCUT2D eigenvalue weighted by atomic mass is 9.93. The van der Waals surface area contributed by atoms with Crippen molar-refractivity contribution in [2.75, 3.05) is 0 Å². The summed E-state index contributed by atoms with van der Waals surface area (Å²) in [6.07, 6.45) is 2.79. The van der Waals surface area contributed by atoms with Crippen LogP contribution in [0.5, 0.6) is 0 Å². The third-order valence-electron chi connectivity index (χ3n) is 2.26. The Kier molecular flexibility index (Phi) is 5.60. The highest BCUT2D eigenvalue weighted by Gasteiger charge is 2.18. The Hall–Kier alpha value is -0.660. The van der Waals surface area contributed by atoms with Crippen LogP contribution in [0.1, 0.15) is 47.0 Å². The van der Waals surface area contributed by atoms with Crippen molar-refractivity contribution in [1.82, 2.24) is 0 Å². The predicted molar refractivity (Wildman–Crippen MR) is 53.5 cm³/mol. The van der Waals surface area contributed by atoms with Crippen molar-refractivity contribution < 1.29 is 9.59 Å². The van der Waals surface area contributed by atoms with Gasteiger partial charge in [0.2, 0.25) is 0 Å². The molecular weight excluding hydrogens is 164 g/mol. The molecule has 76 valence electrons. The summed E-state index contributed by atoms with van der Waals surface area (Å²) in [5.41, 5.74) is 0. The number of carbonyl (C=O) groups is 2. The lowest BCUT2D eigenvalue weighted by molar-refractivity contribution is -0.130. The Morgan fingerprint density at radius 2 is 1.46 bits per heavy atom. The number of Topliss-reactive ketones (excluding diaryl/α,β-unsaturated/α-hetero) is 2. The van der Waals surface area contributed by atoms with Crippen molar-refractivity contribution in [2.24, 2.45) is 11.8 Å². The summed E-state index contributed by atoms with van der Waals surface area (Å²) in [5, 5.41) is 0. The normalized spacial score (nSPS) is 10.9. The number of ketones is 2. The van der Waals surface area contributed by atoms with Crippen LogP contribution in [0, 0.1) is 11.8 Å². The van der Waals surface area contributed by atoms with Crippen molar-refractivity contribution in [3.05, 3.63) is 0 Å². The number of hydrogen-bond donors (Lipinski definition) is 0. The van der Waals surface area contributed by atoms with Gasteiger partial charge in [0.05, 0.1) is 5.92 Å². The molecule has 0 aromatic rings. The molecule has 0 amide bonds. The second-order valence-electron chi connectivity index (χ2n) is 4.10. The van der Waals surface area contributed by atoms with Gasteiger partial charge in [0.1, 0.15) is 11.6 Å². The average Bonchev–Trinajstić information content (AvgIpc) is 1.95. The van der Waals surface area contributed by atoms with E-state index in [1.807, 2.05) is 0 Å². The molecule has 2 nitrogen and oxygen atoms in total. The Morgan fingerprint density at radius 1 is 1.00 bits per heavy atom. The molecule has 0 aliphatic heterocycles. The Labute approximate surface area is 80.7 Å². The van der Waals surface area contributed by atoms with Crippen LogP contribution in [0.15, 0.2) is 0 Å². The highest BCUT2D eigenvalue weighted by molar-refractivity contribution is 6.00. The summed E-state index contributed by atoms with van der Waals surface area (Å²) in [7, 11) is 0. The van der Waals surface area contributed by atoms with Gasteiger partial charge < -0.3 is 0 Å². The minimum Gasteiger partial charge on any atom is -0.299 e. The number of rotatable bonds is 6. The van der Waals surface area contributed by atoms with E-state index in [9.17, 15) is 9.59 Å². The molecule has 13 heavy (non-hydrogen) atoms. The van der Waals surface area contributed by atoms with E-state index < -0.39 is 0 Å². The molecule has 0 saturated heterocycles. The first-order chi connectivity index (χ1) is 5.95. The fourth-order valence-corrected chi connectivity index (χ4v) is 1.42. The third kappa shape index (κ3) is 5.56.